The van der Waals surface area contributed by atoms with E-state index in [1.54, 1.807) is 0 Å². The van der Waals surface area contributed by atoms with Crippen LogP contribution in [0.15, 0.2) is 42.5 Å². The second-order valence-corrected chi connectivity index (χ2v) is 3.48. The lowest BCUT2D eigenvalue weighted by Gasteiger charge is -2.06. The highest BCUT2D eigenvalue weighted by atomic mass is 35.5. The summed E-state index contributed by atoms with van der Waals surface area (Å²) in [7, 11) is 0. The van der Waals surface area contributed by atoms with Gasteiger partial charge in [0.15, 0.2) is 0 Å². The summed E-state index contributed by atoms with van der Waals surface area (Å²) in [6.45, 7) is 4.00. The van der Waals surface area contributed by atoms with Crippen molar-refractivity contribution in [3.8, 4) is 0 Å². The molecule has 2 aromatic rings. The van der Waals surface area contributed by atoms with E-state index in [-0.39, 0.29) is 11.8 Å². The van der Waals surface area contributed by atoms with Crippen molar-refractivity contribution in [1.29, 1.82) is 0 Å². The number of anilines is 1. The fourth-order valence-corrected chi connectivity index (χ4v) is 1.58. The molecule has 0 aromatic heterocycles. The van der Waals surface area contributed by atoms with Crippen LogP contribution in [0.1, 0.15) is 13.8 Å². The first kappa shape index (κ1) is 13.5. The van der Waals surface area contributed by atoms with Gasteiger partial charge in [0.25, 0.3) is 0 Å². The molecule has 17 heavy (non-hydrogen) atoms. The molecule has 90 valence electrons. The standard InChI is InChI=1S/C12H10ClNO.C2H6/c13-8-12(15)14-11-7-3-5-9-4-1-2-6-10(9)11;1-2/h1-7H,8H2,(H,14,15);1-2H3. The van der Waals surface area contributed by atoms with Crippen LogP contribution in [0.2, 0.25) is 0 Å². The van der Waals surface area contributed by atoms with Crippen molar-refractivity contribution in [3.05, 3.63) is 42.5 Å². The van der Waals surface area contributed by atoms with Crippen molar-refractivity contribution in [1.82, 2.24) is 0 Å². The predicted octanol–water partition coefficient (Wildman–Crippen LogP) is 4.04. The number of fused-ring (bicyclic) bond motifs is 1. The molecule has 2 nitrogen and oxygen atoms in total. The number of rotatable bonds is 2. The fourth-order valence-electron chi connectivity index (χ4n) is 1.52. The van der Waals surface area contributed by atoms with Crippen molar-refractivity contribution >= 4 is 34.0 Å². The smallest absolute Gasteiger partial charge is 0.239 e. The second kappa shape index (κ2) is 6.92. The Morgan fingerprint density at radius 1 is 1.12 bits per heavy atom. The third-order valence-electron chi connectivity index (χ3n) is 2.19. The lowest BCUT2D eigenvalue weighted by molar-refractivity contribution is -0.113. The van der Waals surface area contributed by atoms with Crippen LogP contribution >= 0.6 is 11.6 Å². The summed E-state index contributed by atoms with van der Waals surface area (Å²) in [6.07, 6.45) is 0. The van der Waals surface area contributed by atoms with E-state index in [4.69, 9.17) is 11.6 Å². The Morgan fingerprint density at radius 2 is 1.76 bits per heavy atom. The third-order valence-corrected chi connectivity index (χ3v) is 2.43. The van der Waals surface area contributed by atoms with Gasteiger partial charge < -0.3 is 5.32 Å². The van der Waals surface area contributed by atoms with Gasteiger partial charge in [-0.2, -0.15) is 0 Å². The number of carbonyl (C=O) groups is 1. The molecule has 1 N–H and O–H groups in total. The van der Waals surface area contributed by atoms with Crippen molar-refractivity contribution < 1.29 is 4.79 Å². The molecule has 0 heterocycles. The number of amides is 1. The molecule has 0 atom stereocenters. The van der Waals surface area contributed by atoms with Gasteiger partial charge in [-0.1, -0.05) is 50.2 Å². The molecule has 3 heteroatoms. The third kappa shape index (κ3) is 3.46. The van der Waals surface area contributed by atoms with Gasteiger partial charge in [-0.3, -0.25) is 4.79 Å². The van der Waals surface area contributed by atoms with Crippen molar-refractivity contribution in [2.75, 3.05) is 11.2 Å². The molecular formula is C14H16ClNO. The van der Waals surface area contributed by atoms with Crippen LogP contribution in [-0.2, 0) is 4.79 Å². The van der Waals surface area contributed by atoms with E-state index in [0.29, 0.717) is 0 Å². The number of halogens is 1. The molecule has 0 aliphatic heterocycles. The number of nitrogens with one attached hydrogen (secondary N) is 1. The number of hydrogen-bond donors (Lipinski definition) is 1. The van der Waals surface area contributed by atoms with E-state index >= 15 is 0 Å². The summed E-state index contributed by atoms with van der Waals surface area (Å²) < 4.78 is 0. The Balaban J connectivity index is 0.000000686. The Labute approximate surface area is 107 Å². The SMILES string of the molecule is CC.O=C(CCl)Nc1cccc2ccccc12. The summed E-state index contributed by atoms with van der Waals surface area (Å²) >= 11 is 5.44. The van der Waals surface area contributed by atoms with E-state index in [9.17, 15) is 4.79 Å². The van der Waals surface area contributed by atoms with Gasteiger partial charge in [0.1, 0.15) is 5.88 Å². The van der Waals surface area contributed by atoms with Gasteiger partial charge >= 0.3 is 0 Å². The molecular weight excluding hydrogens is 234 g/mol. The molecule has 0 saturated carbocycles. The maximum atomic E-state index is 11.2. The lowest BCUT2D eigenvalue weighted by atomic mass is 10.1. The molecule has 0 radical (unpaired) electrons. The van der Waals surface area contributed by atoms with Crippen LogP contribution in [0.5, 0.6) is 0 Å². The van der Waals surface area contributed by atoms with Gasteiger partial charge in [-0.25, -0.2) is 0 Å². The molecule has 2 aromatic carbocycles. The molecule has 2 rings (SSSR count). The Bertz CT molecular complexity index is 491. The van der Waals surface area contributed by atoms with Crippen molar-refractivity contribution in [2.45, 2.75) is 13.8 Å². The Hall–Kier alpha value is -1.54. The average molecular weight is 250 g/mol. The van der Waals surface area contributed by atoms with E-state index in [2.05, 4.69) is 5.32 Å². The molecule has 0 spiro atoms. The summed E-state index contributed by atoms with van der Waals surface area (Å²) in [6, 6.07) is 13.7. The first-order valence-electron chi connectivity index (χ1n) is 5.65. The second-order valence-electron chi connectivity index (χ2n) is 3.21. The summed E-state index contributed by atoms with van der Waals surface area (Å²) in [4.78, 5) is 11.2. The fraction of sp³-hybridized carbons (Fsp3) is 0.214. The normalized spacial score (nSPS) is 9.35. The highest BCUT2D eigenvalue weighted by Gasteiger charge is 2.03. The van der Waals surface area contributed by atoms with Crippen molar-refractivity contribution in [3.63, 3.8) is 0 Å². The summed E-state index contributed by atoms with van der Waals surface area (Å²) in [5.41, 5.74) is 0.804. The monoisotopic (exact) mass is 249 g/mol. The van der Waals surface area contributed by atoms with Gasteiger partial charge in [0.2, 0.25) is 5.91 Å². The minimum Gasteiger partial charge on any atom is -0.324 e. The largest absolute Gasteiger partial charge is 0.324 e. The van der Waals surface area contributed by atoms with Gasteiger partial charge in [-0.05, 0) is 11.5 Å². The van der Waals surface area contributed by atoms with E-state index in [1.807, 2.05) is 56.3 Å². The molecule has 0 aliphatic rings. The lowest BCUT2D eigenvalue weighted by Crippen LogP contribution is -2.12. The summed E-state index contributed by atoms with van der Waals surface area (Å²) in [5.74, 6) is -0.212. The zero-order valence-corrected chi connectivity index (χ0v) is 10.8. The van der Waals surface area contributed by atoms with Crippen LogP contribution in [0.25, 0.3) is 10.8 Å². The first-order valence-corrected chi connectivity index (χ1v) is 6.18. The van der Waals surface area contributed by atoms with Gasteiger partial charge in [-0.15, -0.1) is 11.6 Å². The molecule has 0 fully saturated rings. The van der Waals surface area contributed by atoms with Crippen LogP contribution in [0, 0.1) is 0 Å². The van der Waals surface area contributed by atoms with Crippen LogP contribution < -0.4 is 5.32 Å². The first-order chi connectivity index (χ1) is 8.31. The number of carbonyl (C=O) groups excluding carboxylic acids is 1. The zero-order valence-electron chi connectivity index (χ0n) is 10.0. The number of hydrogen-bond acceptors (Lipinski definition) is 1. The Morgan fingerprint density at radius 3 is 2.47 bits per heavy atom. The topological polar surface area (TPSA) is 29.1 Å². The van der Waals surface area contributed by atoms with Gasteiger partial charge in [0, 0.05) is 11.1 Å². The average Bonchev–Trinajstić information content (AvgIpc) is 2.41. The molecule has 0 aliphatic carbocycles. The van der Waals surface area contributed by atoms with E-state index in [1.165, 1.54) is 0 Å². The minimum atomic E-state index is -0.187. The maximum Gasteiger partial charge on any atom is 0.239 e. The highest BCUT2D eigenvalue weighted by molar-refractivity contribution is 6.29. The predicted molar refractivity (Wildman–Crippen MR) is 74.6 cm³/mol. The Kier molecular flexibility index (Phi) is 5.50. The van der Waals surface area contributed by atoms with Crippen LogP contribution in [-0.4, -0.2) is 11.8 Å². The quantitative estimate of drug-likeness (QED) is 0.800. The zero-order chi connectivity index (χ0) is 12.7. The maximum absolute atomic E-state index is 11.2. The molecule has 1 amide bonds. The number of alkyl halides is 1. The van der Waals surface area contributed by atoms with E-state index in [0.717, 1.165) is 16.5 Å². The molecule has 0 saturated heterocycles. The van der Waals surface area contributed by atoms with E-state index < -0.39 is 0 Å². The highest BCUT2D eigenvalue weighted by Crippen LogP contribution is 2.22. The van der Waals surface area contributed by atoms with Gasteiger partial charge in [0.05, 0.1) is 0 Å². The van der Waals surface area contributed by atoms with Crippen LogP contribution in [0.3, 0.4) is 0 Å². The van der Waals surface area contributed by atoms with Crippen molar-refractivity contribution in [2.24, 2.45) is 0 Å². The molecule has 0 unspecified atom stereocenters. The van der Waals surface area contributed by atoms with Crippen LogP contribution in [0.4, 0.5) is 5.69 Å². The minimum absolute atomic E-state index is 0.0246. The molecule has 0 bridgehead atoms. The summed E-state index contributed by atoms with van der Waals surface area (Å²) in [5, 5.41) is 4.89. The number of benzene rings is 2.